The molecule has 2 unspecified atom stereocenters. The van der Waals surface area contributed by atoms with Gasteiger partial charge in [0.25, 0.3) is 11.8 Å². The van der Waals surface area contributed by atoms with Gasteiger partial charge in [-0.15, -0.1) is 0 Å². The molecular formula is C31H30ClFN6O3. The number of benzene rings is 2. The molecule has 0 fully saturated rings. The van der Waals surface area contributed by atoms with Crippen LogP contribution in [0, 0.1) is 18.7 Å². The van der Waals surface area contributed by atoms with Gasteiger partial charge >= 0.3 is 0 Å². The first-order valence-electron chi connectivity index (χ1n) is 13.6. The third-order valence-corrected chi connectivity index (χ3v) is 7.80. The number of carbonyl (C=O) groups is 3. The molecule has 2 aromatic heterocycles. The summed E-state index contributed by atoms with van der Waals surface area (Å²) in [5.74, 6) is -1.69. The van der Waals surface area contributed by atoms with Gasteiger partial charge in [0.2, 0.25) is 5.91 Å². The Labute approximate surface area is 247 Å². The zero-order chi connectivity index (χ0) is 30.0. The van der Waals surface area contributed by atoms with E-state index < -0.39 is 17.8 Å². The van der Waals surface area contributed by atoms with E-state index in [4.69, 9.17) is 11.6 Å². The number of fused-ring (bicyclic) bond motifs is 4. The summed E-state index contributed by atoms with van der Waals surface area (Å²) >= 11 is 5.96. The van der Waals surface area contributed by atoms with E-state index in [-0.39, 0.29) is 34.0 Å². The minimum absolute atomic E-state index is 0.0421. The van der Waals surface area contributed by atoms with E-state index in [0.717, 1.165) is 5.56 Å². The second-order valence-corrected chi connectivity index (χ2v) is 10.7. The molecule has 0 saturated carbocycles. The largest absolute Gasteiger partial charge is 0.355 e. The van der Waals surface area contributed by atoms with Crippen LogP contribution in [0.5, 0.6) is 0 Å². The van der Waals surface area contributed by atoms with Crippen LogP contribution in [0.1, 0.15) is 64.3 Å². The van der Waals surface area contributed by atoms with Crippen LogP contribution >= 0.6 is 11.6 Å². The van der Waals surface area contributed by atoms with E-state index in [2.05, 4.69) is 26.0 Å². The number of carbonyl (C=O) groups excluding carboxylic acids is 3. The maximum atomic E-state index is 14.7. The second-order valence-electron chi connectivity index (χ2n) is 10.3. The number of halogens is 2. The molecule has 2 bridgehead atoms. The Balaban J connectivity index is 1.51. The Morgan fingerprint density at radius 1 is 1.12 bits per heavy atom. The van der Waals surface area contributed by atoms with E-state index in [1.54, 1.807) is 50.5 Å². The molecule has 4 aromatic rings. The zero-order valence-electron chi connectivity index (χ0n) is 23.4. The van der Waals surface area contributed by atoms with Gasteiger partial charge in [0.1, 0.15) is 5.69 Å². The molecule has 0 aliphatic carbocycles. The number of hydrogen-bond acceptors (Lipinski definition) is 5. The Morgan fingerprint density at radius 3 is 2.71 bits per heavy atom. The van der Waals surface area contributed by atoms with Gasteiger partial charge in [0, 0.05) is 36.0 Å². The topological polar surface area (TPSA) is 118 Å². The monoisotopic (exact) mass is 588 g/mol. The number of amides is 3. The maximum Gasteiger partial charge on any atom is 0.255 e. The number of anilines is 1. The fraction of sp³-hybridized carbons (Fsp3) is 0.258. The van der Waals surface area contributed by atoms with Crippen molar-refractivity contribution in [2.45, 2.75) is 39.2 Å². The maximum absolute atomic E-state index is 14.7. The highest BCUT2D eigenvalue weighted by molar-refractivity contribution is 6.30. The minimum atomic E-state index is -0.629. The van der Waals surface area contributed by atoms with Gasteiger partial charge in [-0.05, 0) is 67.8 Å². The van der Waals surface area contributed by atoms with Crippen LogP contribution < -0.4 is 16.0 Å². The van der Waals surface area contributed by atoms with Gasteiger partial charge in [-0.25, -0.2) is 9.07 Å². The molecule has 3 N–H and O–H groups in total. The van der Waals surface area contributed by atoms with E-state index >= 15 is 0 Å². The first-order valence-corrected chi connectivity index (χ1v) is 14.0. The standard InChI is InChI=1S/C31H30ClFN6O3/c1-17-6-4-8-25(38-31(42)22-16-36-39(18(22)2)27-9-5-7-23(32)28(27)33)26-15-19(12-13-35-26)21-14-20(30(41)34-3)10-11-24(21)37-29(17)40/h5,7,9-17,25H,4,6,8H2,1-3H3,(H,34,41)(H,37,40)(H,38,42). The van der Waals surface area contributed by atoms with Crippen LogP contribution in [-0.4, -0.2) is 39.5 Å². The lowest BCUT2D eigenvalue weighted by molar-refractivity contribution is -0.119. The molecule has 1 aliphatic rings. The van der Waals surface area contributed by atoms with Crippen molar-refractivity contribution in [2.75, 3.05) is 12.4 Å². The molecule has 2 aromatic carbocycles. The van der Waals surface area contributed by atoms with Crippen molar-refractivity contribution in [3.8, 4) is 16.8 Å². The molecule has 3 amide bonds. The second kappa shape index (κ2) is 12.1. The molecule has 2 atom stereocenters. The van der Waals surface area contributed by atoms with Crippen molar-refractivity contribution in [1.29, 1.82) is 0 Å². The molecule has 11 heteroatoms. The summed E-state index contributed by atoms with van der Waals surface area (Å²) in [6.07, 6.45) is 4.81. The van der Waals surface area contributed by atoms with E-state index in [0.29, 0.717) is 47.5 Å². The van der Waals surface area contributed by atoms with Crippen molar-refractivity contribution in [2.24, 2.45) is 5.92 Å². The summed E-state index contributed by atoms with van der Waals surface area (Å²) in [7, 11) is 1.56. The molecule has 9 nitrogen and oxygen atoms in total. The van der Waals surface area contributed by atoms with Crippen LogP contribution in [-0.2, 0) is 4.79 Å². The fourth-order valence-corrected chi connectivity index (χ4v) is 5.23. The number of nitrogens with one attached hydrogen (secondary N) is 3. The summed E-state index contributed by atoms with van der Waals surface area (Å²) in [6.45, 7) is 3.54. The Kier molecular flexibility index (Phi) is 8.35. The van der Waals surface area contributed by atoms with Crippen LogP contribution in [0.4, 0.5) is 10.1 Å². The van der Waals surface area contributed by atoms with Crippen LogP contribution in [0.2, 0.25) is 5.02 Å². The van der Waals surface area contributed by atoms with E-state index in [9.17, 15) is 18.8 Å². The lowest BCUT2D eigenvalue weighted by Gasteiger charge is -2.22. The zero-order valence-corrected chi connectivity index (χ0v) is 24.1. The highest BCUT2D eigenvalue weighted by Crippen LogP contribution is 2.33. The summed E-state index contributed by atoms with van der Waals surface area (Å²) in [4.78, 5) is 43.5. The SMILES string of the molecule is CNC(=O)c1ccc2c(c1)-c1ccnc(c1)C(NC(=O)c1cnn(-c3cccc(Cl)c3F)c1C)CCCC(C)C(=O)N2. The van der Waals surface area contributed by atoms with Crippen molar-refractivity contribution in [3.05, 3.63) is 94.3 Å². The average Bonchev–Trinajstić information content (AvgIpc) is 3.38. The normalized spacial score (nSPS) is 16.8. The summed E-state index contributed by atoms with van der Waals surface area (Å²) in [5.41, 5.74) is 3.91. The predicted octanol–water partition coefficient (Wildman–Crippen LogP) is 5.62. The van der Waals surface area contributed by atoms with Crippen molar-refractivity contribution >= 4 is 35.0 Å². The van der Waals surface area contributed by atoms with Gasteiger partial charge in [-0.2, -0.15) is 5.10 Å². The van der Waals surface area contributed by atoms with Gasteiger partial charge in [0.05, 0.1) is 34.2 Å². The van der Waals surface area contributed by atoms with Gasteiger partial charge in [-0.1, -0.05) is 31.0 Å². The first-order chi connectivity index (χ1) is 20.2. The quantitative estimate of drug-likeness (QED) is 0.286. The minimum Gasteiger partial charge on any atom is -0.355 e. The number of pyridine rings is 1. The third-order valence-electron chi connectivity index (χ3n) is 7.51. The number of aromatic nitrogens is 3. The highest BCUT2D eigenvalue weighted by Gasteiger charge is 2.25. The molecule has 42 heavy (non-hydrogen) atoms. The Bertz CT molecular complexity index is 1690. The predicted molar refractivity (Wildman–Crippen MR) is 158 cm³/mol. The summed E-state index contributed by atoms with van der Waals surface area (Å²) < 4.78 is 16.0. The van der Waals surface area contributed by atoms with E-state index in [1.165, 1.54) is 23.0 Å². The van der Waals surface area contributed by atoms with Gasteiger partial charge in [-0.3, -0.25) is 19.4 Å². The van der Waals surface area contributed by atoms with Gasteiger partial charge < -0.3 is 16.0 Å². The highest BCUT2D eigenvalue weighted by atomic mass is 35.5. The van der Waals surface area contributed by atoms with Crippen molar-refractivity contribution in [3.63, 3.8) is 0 Å². The molecule has 3 heterocycles. The van der Waals surface area contributed by atoms with Crippen LogP contribution in [0.15, 0.2) is 60.9 Å². The lowest BCUT2D eigenvalue weighted by Crippen LogP contribution is -2.30. The fourth-order valence-electron chi connectivity index (χ4n) is 5.06. The molecule has 0 saturated heterocycles. The first kappa shape index (κ1) is 28.9. The van der Waals surface area contributed by atoms with Crippen LogP contribution in [0.3, 0.4) is 0 Å². The average molecular weight is 589 g/mol. The van der Waals surface area contributed by atoms with Gasteiger partial charge in [0.15, 0.2) is 5.82 Å². The summed E-state index contributed by atoms with van der Waals surface area (Å²) in [5, 5.41) is 12.9. The third kappa shape index (κ3) is 5.75. The molecular weight excluding hydrogens is 559 g/mol. The molecule has 1 aliphatic heterocycles. The number of rotatable bonds is 4. The smallest absolute Gasteiger partial charge is 0.255 e. The molecule has 216 valence electrons. The number of nitrogens with zero attached hydrogens (tertiary/aromatic N) is 3. The van der Waals surface area contributed by atoms with Crippen molar-refractivity contribution < 1.29 is 18.8 Å². The molecule has 5 rings (SSSR count). The summed E-state index contributed by atoms with van der Waals surface area (Å²) in [6, 6.07) is 12.9. The number of hydrogen-bond donors (Lipinski definition) is 3. The Hall–Kier alpha value is -4.57. The molecule has 0 spiro atoms. The van der Waals surface area contributed by atoms with Crippen LogP contribution in [0.25, 0.3) is 16.8 Å². The lowest BCUT2D eigenvalue weighted by atomic mass is 9.94. The Morgan fingerprint density at radius 2 is 1.93 bits per heavy atom. The van der Waals surface area contributed by atoms with Crippen molar-refractivity contribution in [1.82, 2.24) is 25.4 Å². The molecule has 0 radical (unpaired) electrons. The van der Waals surface area contributed by atoms with E-state index in [1.807, 2.05) is 13.0 Å².